The number of pyridine rings is 1. The molecule has 0 saturated carbocycles. The van der Waals surface area contributed by atoms with Gasteiger partial charge in [0.1, 0.15) is 5.82 Å². The van der Waals surface area contributed by atoms with Gasteiger partial charge in [-0.3, -0.25) is 4.79 Å². The number of hydrogen-bond donors (Lipinski definition) is 3. The molecule has 0 aromatic carbocycles. The summed E-state index contributed by atoms with van der Waals surface area (Å²) in [7, 11) is 0. The van der Waals surface area contributed by atoms with E-state index in [4.69, 9.17) is 5.84 Å². The zero-order valence-corrected chi connectivity index (χ0v) is 12.5. The summed E-state index contributed by atoms with van der Waals surface area (Å²) in [5.74, 6) is 5.76. The van der Waals surface area contributed by atoms with E-state index in [1.54, 1.807) is 12.1 Å². The third-order valence-corrected chi connectivity index (χ3v) is 3.18. The number of carbonyl (C=O) groups excluding carboxylic acids is 1. The third kappa shape index (κ3) is 6.02. The molecular formula is C15H26N4O. The highest BCUT2D eigenvalue weighted by Crippen LogP contribution is 2.09. The van der Waals surface area contributed by atoms with Crippen LogP contribution in [0.2, 0.25) is 0 Å². The van der Waals surface area contributed by atoms with E-state index in [9.17, 15) is 4.79 Å². The summed E-state index contributed by atoms with van der Waals surface area (Å²) in [6.07, 6.45) is 7.30. The van der Waals surface area contributed by atoms with Gasteiger partial charge in [0.2, 0.25) is 0 Å². The van der Waals surface area contributed by atoms with Crippen LogP contribution in [0.5, 0.6) is 0 Å². The molecule has 0 aliphatic rings. The van der Waals surface area contributed by atoms with Crippen molar-refractivity contribution in [2.45, 2.75) is 52.4 Å². The topological polar surface area (TPSA) is 80.0 Å². The standard InChI is InChI=1S/C15H26N4O/c1-3-4-5-6-7-8-9-17-15(20)13-10-12(2)18-14(11-13)19-16/h10-11H,3-9,16H2,1-2H3,(H,17,20)(H,18,19). The molecule has 0 aliphatic carbocycles. The van der Waals surface area contributed by atoms with Crippen molar-refractivity contribution in [2.24, 2.45) is 5.84 Å². The van der Waals surface area contributed by atoms with Crippen molar-refractivity contribution in [1.82, 2.24) is 10.3 Å². The van der Waals surface area contributed by atoms with Crippen LogP contribution in [-0.2, 0) is 0 Å². The lowest BCUT2D eigenvalue weighted by Crippen LogP contribution is -2.25. The molecule has 0 atom stereocenters. The maximum atomic E-state index is 12.0. The molecule has 1 aromatic heterocycles. The van der Waals surface area contributed by atoms with Crippen LogP contribution in [-0.4, -0.2) is 17.4 Å². The third-order valence-electron chi connectivity index (χ3n) is 3.18. The van der Waals surface area contributed by atoms with Crippen molar-refractivity contribution in [2.75, 3.05) is 12.0 Å². The van der Waals surface area contributed by atoms with Crippen molar-refractivity contribution in [3.63, 3.8) is 0 Å². The zero-order valence-electron chi connectivity index (χ0n) is 12.5. The number of hydrogen-bond acceptors (Lipinski definition) is 4. The minimum absolute atomic E-state index is 0.0689. The second-order valence-corrected chi connectivity index (χ2v) is 5.05. The Morgan fingerprint density at radius 1 is 1.20 bits per heavy atom. The molecule has 0 unspecified atom stereocenters. The molecule has 0 aliphatic heterocycles. The molecule has 0 spiro atoms. The molecule has 4 N–H and O–H groups in total. The number of hydrazine groups is 1. The van der Waals surface area contributed by atoms with E-state index in [2.05, 4.69) is 22.7 Å². The van der Waals surface area contributed by atoms with Crippen molar-refractivity contribution in [3.05, 3.63) is 23.4 Å². The normalized spacial score (nSPS) is 10.3. The largest absolute Gasteiger partial charge is 0.352 e. The fourth-order valence-corrected chi connectivity index (χ4v) is 2.08. The van der Waals surface area contributed by atoms with Crippen LogP contribution in [0.25, 0.3) is 0 Å². The predicted molar refractivity (Wildman–Crippen MR) is 82.5 cm³/mol. The molecule has 0 saturated heterocycles. The fraction of sp³-hybridized carbons (Fsp3) is 0.600. The summed E-state index contributed by atoms with van der Waals surface area (Å²) in [5, 5.41) is 2.93. The van der Waals surface area contributed by atoms with Crippen molar-refractivity contribution in [1.29, 1.82) is 0 Å². The number of amides is 1. The summed E-state index contributed by atoms with van der Waals surface area (Å²) in [6, 6.07) is 3.42. The van der Waals surface area contributed by atoms with Crippen LogP contribution in [0, 0.1) is 6.92 Å². The number of anilines is 1. The maximum absolute atomic E-state index is 12.0. The van der Waals surface area contributed by atoms with E-state index in [0.717, 1.165) is 18.7 Å². The van der Waals surface area contributed by atoms with Gasteiger partial charge in [0, 0.05) is 17.8 Å². The van der Waals surface area contributed by atoms with Gasteiger partial charge in [0.25, 0.3) is 5.91 Å². The van der Waals surface area contributed by atoms with E-state index in [0.29, 0.717) is 11.4 Å². The van der Waals surface area contributed by atoms with Gasteiger partial charge >= 0.3 is 0 Å². The molecule has 112 valence electrons. The van der Waals surface area contributed by atoms with Gasteiger partial charge in [0.05, 0.1) is 0 Å². The zero-order chi connectivity index (χ0) is 14.8. The summed E-state index contributed by atoms with van der Waals surface area (Å²) >= 11 is 0. The smallest absolute Gasteiger partial charge is 0.251 e. The fourth-order valence-electron chi connectivity index (χ4n) is 2.08. The lowest BCUT2D eigenvalue weighted by Gasteiger charge is -2.07. The van der Waals surface area contributed by atoms with Gasteiger partial charge in [-0.15, -0.1) is 0 Å². The number of aryl methyl sites for hydroxylation is 1. The first-order valence-electron chi connectivity index (χ1n) is 7.41. The van der Waals surface area contributed by atoms with Gasteiger partial charge in [-0.05, 0) is 25.5 Å². The first-order chi connectivity index (χ1) is 9.67. The summed E-state index contributed by atoms with van der Waals surface area (Å²) in [5.41, 5.74) is 3.83. The summed E-state index contributed by atoms with van der Waals surface area (Å²) < 4.78 is 0. The first kappa shape index (κ1) is 16.4. The van der Waals surface area contributed by atoms with Gasteiger partial charge < -0.3 is 10.7 Å². The van der Waals surface area contributed by atoms with Crippen molar-refractivity contribution >= 4 is 11.7 Å². The number of aromatic nitrogens is 1. The number of nitrogen functional groups attached to an aromatic ring is 1. The maximum Gasteiger partial charge on any atom is 0.251 e. The molecular weight excluding hydrogens is 252 g/mol. The number of rotatable bonds is 9. The number of carbonyl (C=O) groups is 1. The first-order valence-corrected chi connectivity index (χ1v) is 7.41. The Morgan fingerprint density at radius 2 is 1.90 bits per heavy atom. The number of nitrogens with zero attached hydrogens (tertiary/aromatic N) is 1. The highest BCUT2D eigenvalue weighted by Gasteiger charge is 2.07. The Hall–Kier alpha value is -1.62. The summed E-state index contributed by atoms with van der Waals surface area (Å²) in [6.45, 7) is 4.77. The average molecular weight is 278 g/mol. The lowest BCUT2D eigenvalue weighted by molar-refractivity contribution is 0.0952. The molecule has 20 heavy (non-hydrogen) atoms. The lowest BCUT2D eigenvalue weighted by atomic mass is 10.1. The minimum Gasteiger partial charge on any atom is -0.352 e. The Morgan fingerprint density at radius 3 is 2.60 bits per heavy atom. The average Bonchev–Trinajstić information content (AvgIpc) is 2.45. The molecule has 1 heterocycles. The highest BCUT2D eigenvalue weighted by molar-refractivity contribution is 5.94. The molecule has 5 nitrogen and oxygen atoms in total. The second kappa shape index (κ2) is 9.31. The molecule has 0 bridgehead atoms. The predicted octanol–water partition coefficient (Wildman–Crippen LogP) is 2.77. The van der Waals surface area contributed by atoms with Crippen molar-refractivity contribution < 1.29 is 4.79 Å². The Kier molecular flexibility index (Phi) is 7.65. The highest BCUT2D eigenvalue weighted by atomic mass is 16.1. The quantitative estimate of drug-likeness (QED) is 0.368. The molecule has 1 aromatic rings. The van der Waals surface area contributed by atoms with E-state index >= 15 is 0 Å². The second-order valence-electron chi connectivity index (χ2n) is 5.05. The van der Waals surface area contributed by atoms with Crippen LogP contribution in [0.4, 0.5) is 5.82 Å². The number of nitrogens with one attached hydrogen (secondary N) is 2. The number of nitrogens with two attached hydrogens (primary N) is 1. The Bertz CT molecular complexity index is 420. The van der Waals surface area contributed by atoms with Crippen LogP contribution >= 0.6 is 0 Å². The molecule has 1 amide bonds. The van der Waals surface area contributed by atoms with E-state index in [1.165, 1.54) is 32.1 Å². The number of unbranched alkanes of at least 4 members (excludes halogenated alkanes) is 5. The summed E-state index contributed by atoms with van der Waals surface area (Å²) in [4.78, 5) is 16.1. The van der Waals surface area contributed by atoms with E-state index in [1.807, 2.05) is 6.92 Å². The monoisotopic (exact) mass is 278 g/mol. The van der Waals surface area contributed by atoms with E-state index < -0.39 is 0 Å². The molecule has 0 radical (unpaired) electrons. The molecule has 1 rings (SSSR count). The van der Waals surface area contributed by atoms with Crippen LogP contribution in [0.15, 0.2) is 12.1 Å². The van der Waals surface area contributed by atoms with Crippen LogP contribution < -0.4 is 16.6 Å². The van der Waals surface area contributed by atoms with Crippen LogP contribution in [0.3, 0.4) is 0 Å². The van der Waals surface area contributed by atoms with Crippen LogP contribution in [0.1, 0.15) is 61.5 Å². The van der Waals surface area contributed by atoms with Gasteiger partial charge in [-0.1, -0.05) is 39.0 Å². The van der Waals surface area contributed by atoms with E-state index in [-0.39, 0.29) is 5.91 Å². The minimum atomic E-state index is -0.0689. The molecule has 0 fully saturated rings. The van der Waals surface area contributed by atoms with Gasteiger partial charge in [-0.2, -0.15) is 0 Å². The Balaban J connectivity index is 2.30. The van der Waals surface area contributed by atoms with Gasteiger partial charge in [-0.25, -0.2) is 10.8 Å². The van der Waals surface area contributed by atoms with Crippen molar-refractivity contribution in [3.8, 4) is 0 Å². The molecule has 5 heteroatoms. The Labute approximate surface area is 121 Å². The SMILES string of the molecule is CCCCCCCCNC(=O)c1cc(C)nc(NN)c1. The van der Waals surface area contributed by atoms with Gasteiger partial charge in [0.15, 0.2) is 0 Å².